The summed E-state index contributed by atoms with van der Waals surface area (Å²) in [5.41, 5.74) is 1.54. The maximum absolute atomic E-state index is 8.97. The Balaban J connectivity index is 2.43. The molecule has 0 fully saturated rings. The van der Waals surface area contributed by atoms with Gasteiger partial charge < -0.3 is 20.1 Å². The fourth-order valence-electron chi connectivity index (χ4n) is 1.27. The Morgan fingerprint density at radius 3 is 2.87 bits per heavy atom. The molecule has 0 saturated heterocycles. The molecule has 0 aliphatic carbocycles. The first kappa shape index (κ1) is 12.2. The topological polar surface area (TPSA) is 61.7 Å². The van der Waals surface area contributed by atoms with E-state index in [1.165, 1.54) is 0 Å². The highest BCUT2D eigenvalue weighted by molar-refractivity contribution is 6.58. The monoisotopic (exact) mass is 209 g/mol. The average molecular weight is 209 g/mol. The third-order valence-corrected chi connectivity index (χ3v) is 2.06. The predicted molar refractivity (Wildman–Crippen MR) is 59.9 cm³/mol. The summed E-state index contributed by atoms with van der Waals surface area (Å²) in [6, 6.07) is 7.20. The Morgan fingerprint density at radius 2 is 2.20 bits per heavy atom. The minimum atomic E-state index is -1.40. The first-order valence-electron chi connectivity index (χ1n) is 4.88. The molecule has 0 unspecified atom stereocenters. The Labute approximate surface area is 90.0 Å². The van der Waals surface area contributed by atoms with E-state index < -0.39 is 7.12 Å². The van der Waals surface area contributed by atoms with Gasteiger partial charge in [0.15, 0.2) is 0 Å². The summed E-state index contributed by atoms with van der Waals surface area (Å²) in [5.74, 6) is 0. The van der Waals surface area contributed by atoms with Crippen LogP contribution in [0.3, 0.4) is 0 Å². The van der Waals surface area contributed by atoms with Gasteiger partial charge in [-0.15, -0.1) is 0 Å². The molecular formula is C10H16BNO3. The van der Waals surface area contributed by atoms with Crippen molar-refractivity contribution in [1.29, 1.82) is 0 Å². The number of hydrogen-bond donors (Lipinski definition) is 3. The molecule has 0 spiro atoms. The lowest BCUT2D eigenvalue weighted by Gasteiger charge is -2.06. The van der Waals surface area contributed by atoms with Crippen molar-refractivity contribution in [3.8, 4) is 0 Å². The molecule has 1 aromatic rings. The standard InChI is InChI=1S/C10H16BNO3/c1-15-6-5-12-8-9-3-2-4-10(7-9)11(13)14/h2-4,7,12-14H,5-6,8H2,1H3. The lowest BCUT2D eigenvalue weighted by atomic mass is 9.80. The van der Waals surface area contributed by atoms with Crippen LogP contribution in [0.4, 0.5) is 0 Å². The fraction of sp³-hybridized carbons (Fsp3) is 0.400. The van der Waals surface area contributed by atoms with Gasteiger partial charge in [-0.1, -0.05) is 24.3 Å². The van der Waals surface area contributed by atoms with E-state index in [1.54, 1.807) is 19.2 Å². The molecule has 0 bridgehead atoms. The van der Waals surface area contributed by atoms with Crippen molar-refractivity contribution < 1.29 is 14.8 Å². The van der Waals surface area contributed by atoms with Crippen LogP contribution in [0, 0.1) is 0 Å². The molecule has 0 radical (unpaired) electrons. The van der Waals surface area contributed by atoms with E-state index in [4.69, 9.17) is 14.8 Å². The van der Waals surface area contributed by atoms with Crippen LogP contribution in [-0.2, 0) is 11.3 Å². The molecule has 15 heavy (non-hydrogen) atoms. The van der Waals surface area contributed by atoms with Gasteiger partial charge in [-0.05, 0) is 11.0 Å². The number of methoxy groups -OCH3 is 1. The second-order valence-electron chi connectivity index (χ2n) is 3.29. The molecule has 82 valence electrons. The minimum absolute atomic E-state index is 0.515. The van der Waals surface area contributed by atoms with Crippen molar-refractivity contribution in [3.63, 3.8) is 0 Å². The summed E-state index contributed by atoms with van der Waals surface area (Å²) in [6.45, 7) is 2.15. The third-order valence-electron chi connectivity index (χ3n) is 2.06. The van der Waals surface area contributed by atoms with E-state index in [9.17, 15) is 0 Å². The highest BCUT2D eigenvalue weighted by Gasteiger charge is 2.10. The molecule has 0 atom stereocenters. The summed E-state index contributed by atoms with van der Waals surface area (Å²) >= 11 is 0. The van der Waals surface area contributed by atoms with Crippen LogP contribution in [0.2, 0.25) is 0 Å². The van der Waals surface area contributed by atoms with E-state index in [1.807, 2.05) is 12.1 Å². The van der Waals surface area contributed by atoms with Gasteiger partial charge in [0.1, 0.15) is 0 Å². The fourth-order valence-corrected chi connectivity index (χ4v) is 1.27. The van der Waals surface area contributed by atoms with Crippen LogP contribution in [-0.4, -0.2) is 37.4 Å². The average Bonchev–Trinajstić information content (AvgIpc) is 2.25. The molecule has 5 heteroatoms. The largest absolute Gasteiger partial charge is 0.488 e. The number of ether oxygens (including phenoxy) is 1. The van der Waals surface area contributed by atoms with Crippen molar-refractivity contribution in [3.05, 3.63) is 29.8 Å². The van der Waals surface area contributed by atoms with E-state index in [0.29, 0.717) is 18.6 Å². The van der Waals surface area contributed by atoms with Crippen molar-refractivity contribution in [2.75, 3.05) is 20.3 Å². The van der Waals surface area contributed by atoms with Gasteiger partial charge in [-0.3, -0.25) is 0 Å². The molecule has 3 N–H and O–H groups in total. The summed E-state index contributed by atoms with van der Waals surface area (Å²) in [5, 5.41) is 21.1. The Kier molecular flexibility index (Phi) is 5.35. The molecule has 4 nitrogen and oxygen atoms in total. The van der Waals surface area contributed by atoms with E-state index >= 15 is 0 Å². The molecule has 0 amide bonds. The number of nitrogens with one attached hydrogen (secondary N) is 1. The van der Waals surface area contributed by atoms with Crippen molar-refractivity contribution in [1.82, 2.24) is 5.32 Å². The van der Waals surface area contributed by atoms with Gasteiger partial charge in [0.2, 0.25) is 0 Å². The quantitative estimate of drug-likeness (QED) is 0.420. The predicted octanol–water partition coefficient (Wildman–Crippen LogP) is -0.898. The normalized spacial score (nSPS) is 10.3. The maximum Gasteiger partial charge on any atom is 0.488 e. The highest BCUT2D eigenvalue weighted by atomic mass is 16.5. The van der Waals surface area contributed by atoms with Crippen LogP contribution in [0.25, 0.3) is 0 Å². The van der Waals surface area contributed by atoms with Crippen LogP contribution >= 0.6 is 0 Å². The van der Waals surface area contributed by atoms with Crippen molar-refractivity contribution in [2.24, 2.45) is 0 Å². The second-order valence-corrected chi connectivity index (χ2v) is 3.29. The lowest BCUT2D eigenvalue weighted by Crippen LogP contribution is -2.30. The zero-order valence-electron chi connectivity index (χ0n) is 8.81. The molecule has 0 aliphatic rings. The SMILES string of the molecule is COCCNCc1cccc(B(O)O)c1. The van der Waals surface area contributed by atoms with Crippen LogP contribution in [0.15, 0.2) is 24.3 Å². The molecule has 0 aromatic heterocycles. The summed E-state index contributed by atoms with van der Waals surface area (Å²) in [4.78, 5) is 0. The van der Waals surface area contributed by atoms with E-state index in [-0.39, 0.29) is 0 Å². The molecule has 1 aromatic carbocycles. The van der Waals surface area contributed by atoms with Crippen LogP contribution < -0.4 is 10.8 Å². The van der Waals surface area contributed by atoms with E-state index in [0.717, 1.165) is 12.1 Å². The first-order chi connectivity index (χ1) is 7.24. The van der Waals surface area contributed by atoms with Gasteiger partial charge in [0.25, 0.3) is 0 Å². The number of rotatable bonds is 6. The van der Waals surface area contributed by atoms with Gasteiger partial charge in [0.05, 0.1) is 6.61 Å². The zero-order chi connectivity index (χ0) is 11.1. The Bertz CT molecular complexity index is 294. The first-order valence-corrected chi connectivity index (χ1v) is 4.88. The van der Waals surface area contributed by atoms with Gasteiger partial charge in [-0.2, -0.15) is 0 Å². The smallest absolute Gasteiger partial charge is 0.423 e. The van der Waals surface area contributed by atoms with Crippen molar-refractivity contribution >= 4 is 12.6 Å². The zero-order valence-corrected chi connectivity index (χ0v) is 8.81. The second kappa shape index (κ2) is 6.58. The highest BCUT2D eigenvalue weighted by Crippen LogP contribution is 1.96. The van der Waals surface area contributed by atoms with Gasteiger partial charge in [-0.25, -0.2) is 0 Å². The van der Waals surface area contributed by atoms with E-state index in [2.05, 4.69) is 5.32 Å². The lowest BCUT2D eigenvalue weighted by molar-refractivity contribution is 0.199. The van der Waals surface area contributed by atoms with Gasteiger partial charge in [0, 0.05) is 20.2 Å². The number of benzene rings is 1. The molecule has 0 aliphatic heterocycles. The minimum Gasteiger partial charge on any atom is -0.423 e. The molecular weight excluding hydrogens is 193 g/mol. The summed E-state index contributed by atoms with van der Waals surface area (Å²) in [6.07, 6.45) is 0. The molecule has 0 saturated carbocycles. The van der Waals surface area contributed by atoms with Gasteiger partial charge >= 0.3 is 7.12 Å². The molecule has 0 heterocycles. The number of hydrogen-bond acceptors (Lipinski definition) is 4. The summed E-state index contributed by atoms with van der Waals surface area (Å²) < 4.78 is 4.90. The van der Waals surface area contributed by atoms with Crippen LogP contribution in [0.1, 0.15) is 5.56 Å². The van der Waals surface area contributed by atoms with Crippen molar-refractivity contribution in [2.45, 2.75) is 6.54 Å². The third kappa shape index (κ3) is 4.44. The Hall–Kier alpha value is -0.875. The van der Waals surface area contributed by atoms with Crippen LogP contribution in [0.5, 0.6) is 0 Å². The summed E-state index contributed by atoms with van der Waals surface area (Å²) in [7, 11) is 0.258. The maximum atomic E-state index is 8.97. The molecule has 1 rings (SSSR count). The Morgan fingerprint density at radius 1 is 1.40 bits per heavy atom.